The van der Waals surface area contributed by atoms with Gasteiger partial charge in [-0.1, -0.05) is 0 Å². The summed E-state index contributed by atoms with van der Waals surface area (Å²) in [6.45, 7) is 6.37. The number of hydrogen-bond acceptors (Lipinski definition) is 1. The van der Waals surface area contributed by atoms with E-state index in [1.54, 1.807) is 0 Å². The van der Waals surface area contributed by atoms with Crippen molar-refractivity contribution in [3.63, 3.8) is 0 Å². The van der Waals surface area contributed by atoms with Gasteiger partial charge >= 0.3 is 135 Å². The molecule has 0 aromatic heterocycles. The van der Waals surface area contributed by atoms with Gasteiger partial charge < -0.3 is 0 Å². The molecule has 21 heavy (non-hydrogen) atoms. The van der Waals surface area contributed by atoms with Crippen LogP contribution >= 0.6 is 0 Å². The van der Waals surface area contributed by atoms with Crippen LogP contribution in [0.3, 0.4) is 0 Å². The second-order valence-electron chi connectivity index (χ2n) is 4.80. The normalized spacial score (nSPS) is 10.0. The van der Waals surface area contributed by atoms with E-state index in [-0.39, 0.29) is 0 Å². The van der Waals surface area contributed by atoms with Crippen LogP contribution in [-0.2, 0) is 0 Å². The molecule has 0 fully saturated rings. The molecule has 0 N–H and O–H groups in total. The van der Waals surface area contributed by atoms with E-state index in [4.69, 9.17) is 0 Å². The molecule has 0 unspecified atom stereocenters. The minimum atomic E-state index is 1.01. The van der Waals surface area contributed by atoms with E-state index in [0.717, 1.165) is 13.1 Å². The first kappa shape index (κ1) is 15.8. The molecular weight excluding hydrogens is 321 g/mol. The zero-order valence-corrected chi connectivity index (χ0v) is 14.3. The average molecular weight is 342 g/mol. The Morgan fingerprint density at radius 2 is 1.29 bits per heavy atom. The second kappa shape index (κ2) is 7.97. The van der Waals surface area contributed by atoms with Crippen LogP contribution < -0.4 is 0 Å². The Hall–Kier alpha value is -1.63. The number of likely N-dealkylation sites (N-methyl/N-ethyl adjacent to an activating group) is 1. The van der Waals surface area contributed by atoms with Crippen LogP contribution in [0.5, 0.6) is 0 Å². The standard InChI is InChI=1S/C19H21NSe/c1-3-20(4-2)19(21)15-18(16-11-7-5-8-12-16)17-13-9-6-10-14-17/h5-15H,3-4H2,1-2H3. The quantitative estimate of drug-likeness (QED) is 0.723. The van der Waals surface area contributed by atoms with Crippen LogP contribution in [0.4, 0.5) is 0 Å². The van der Waals surface area contributed by atoms with Crippen molar-refractivity contribution < 1.29 is 0 Å². The summed E-state index contributed by atoms with van der Waals surface area (Å²) in [5, 5.41) is 0. The van der Waals surface area contributed by atoms with Gasteiger partial charge in [-0.2, -0.15) is 0 Å². The Morgan fingerprint density at radius 3 is 1.67 bits per heavy atom. The molecule has 0 bridgehead atoms. The third-order valence-electron chi connectivity index (χ3n) is 3.51. The van der Waals surface area contributed by atoms with E-state index in [1.807, 2.05) is 0 Å². The number of hydrogen-bond donors (Lipinski definition) is 0. The van der Waals surface area contributed by atoms with Gasteiger partial charge in [-0.05, 0) is 0 Å². The van der Waals surface area contributed by atoms with Crippen molar-refractivity contribution in [3.05, 3.63) is 77.9 Å². The SMILES string of the molecule is CCN(CC)C(=[Se])C=C(c1ccccc1)c1ccccc1. The Kier molecular flexibility index (Phi) is 5.98. The van der Waals surface area contributed by atoms with Gasteiger partial charge in [0, 0.05) is 0 Å². The Bertz CT molecular complexity index is 556. The average Bonchev–Trinajstić information content (AvgIpc) is 2.55. The fourth-order valence-corrected chi connectivity index (χ4v) is 3.11. The first-order chi connectivity index (χ1) is 10.3. The number of nitrogens with zero attached hydrogens (tertiary/aromatic N) is 1. The van der Waals surface area contributed by atoms with E-state index >= 15 is 0 Å². The molecule has 0 saturated heterocycles. The molecule has 0 saturated carbocycles. The van der Waals surface area contributed by atoms with Crippen LogP contribution in [0, 0.1) is 0 Å². The molecule has 0 aliphatic carbocycles. The molecule has 2 aromatic carbocycles. The zero-order valence-electron chi connectivity index (χ0n) is 12.6. The van der Waals surface area contributed by atoms with Gasteiger partial charge in [0.25, 0.3) is 0 Å². The topological polar surface area (TPSA) is 3.24 Å². The predicted octanol–water partition coefficient (Wildman–Crippen LogP) is 3.76. The molecule has 2 rings (SSSR count). The van der Waals surface area contributed by atoms with Crippen LogP contribution in [0.2, 0.25) is 0 Å². The third-order valence-corrected chi connectivity index (χ3v) is 4.30. The molecule has 108 valence electrons. The molecule has 0 heterocycles. The molecule has 0 aliphatic rings. The van der Waals surface area contributed by atoms with Crippen molar-refractivity contribution in [2.45, 2.75) is 13.8 Å². The first-order valence-electron chi connectivity index (χ1n) is 7.37. The fourth-order valence-electron chi connectivity index (χ4n) is 2.32. The monoisotopic (exact) mass is 343 g/mol. The van der Waals surface area contributed by atoms with Crippen molar-refractivity contribution in [1.29, 1.82) is 0 Å². The van der Waals surface area contributed by atoms with E-state index in [9.17, 15) is 0 Å². The van der Waals surface area contributed by atoms with Gasteiger partial charge in [0.15, 0.2) is 0 Å². The summed E-state index contributed by atoms with van der Waals surface area (Å²) in [5.41, 5.74) is 3.73. The number of rotatable bonds is 6. The molecule has 2 heteroatoms. The molecule has 0 atom stereocenters. The Balaban J connectivity index is 2.45. The summed E-state index contributed by atoms with van der Waals surface area (Å²) in [6.07, 6.45) is 2.25. The Labute approximate surface area is 135 Å². The zero-order chi connectivity index (χ0) is 15.1. The van der Waals surface area contributed by atoms with Crippen molar-refractivity contribution in [3.8, 4) is 0 Å². The van der Waals surface area contributed by atoms with E-state index in [0.29, 0.717) is 0 Å². The fraction of sp³-hybridized carbons (Fsp3) is 0.211. The first-order valence-corrected chi connectivity index (χ1v) is 8.23. The van der Waals surface area contributed by atoms with Crippen molar-refractivity contribution in [2.75, 3.05) is 13.1 Å². The van der Waals surface area contributed by atoms with Crippen LogP contribution in [0.1, 0.15) is 25.0 Å². The molecule has 0 radical (unpaired) electrons. The Morgan fingerprint density at radius 1 is 0.857 bits per heavy atom. The summed E-state index contributed by atoms with van der Waals surface area (Å²) in [7, 11) is 0. The second-order valence-corrected chi connectivity index (χ2v) is 5.68. The van der Waals surface area contributed by atoms with E-state index < -0.39 is 0 Å². The number of benzene rings is 2. The molecular formula is C19H21NSe. The maximum absolute atomic E-state index is 3.22. The third kappa shape index (κ3) is 4.17. The summed E-state index contributed by atoms with van der Waals surface area (Å²) in [5.74, 6) is 0. The van der Waals surface area contributed by atoms with Crippen LogP contribution in [-0.4, -0.2) is 38.1 Å². The van der Waals surface area contributed by atoms with Gasteiger partial charge in [0.2, 0.25) is 0 Å². The van der Waals surface area contributed by atoms with E-state index in [1.165, 1.54) is 21.2 Å². The van der Waals surface area contributed by atoms with Gasteiger partial charge in [0.1, 0.15) is 0 Å². The van der Waals surface area contributed by atoms with Gasteiger partial charge in [-0.3, -0.25) is 0 Å². The molecule has 2 aromatic rings. The van der Waals surface area contributed by atoms with Gasteiger partial charge in [-0.25, -0.2) is 0 Å². The van der Waals surface area contributed by atoms with Gasteiger partial charge in [0.05, 0.1) is 0 Å². The van der Waals surface area contributed by atoms with Crippen LogP contribution in [0.15, 0.2) is 66.7 Å². The molecule has 0 spiro atoms. The summed E-state index contributed by atoms with van der Waals surface area (Å²) < 4.78 is 1.18. The summed E-state index contributed by atoms with van der Waals surface area (Å²) >= 11 is 3.22. The molecule has 0 amide bonds. The summed E-state index contributed by atoms with van der Waals surface area (Å²) in [6, 6.07) is 21.1. The summed E-state index contributed by atoms with van der Waals surface area (Å²) in [4.78, 5) is 2.33. The van der Waals surface area contributed by atoms with Crippen molar-refractivity contribution in [1.82, 2.24) is 4.90 Å². The predicted molar refractivity (Wildman–Crippen MR) is 93.6 cm³/mol. The van der Waals surface area contributed by atoms with Crippen molar-refractivity contribution >= 4 is 25.7 Å². The minimum absolute atomic E-state index is 1.01. The van der Waals surface area contributed by atoms with Crippen LogP contribution in [0.25, 0.3) is 5.57 Å². The van der Waals surface area contributed by atoms with E-state index in [2.05, 4.69) is 101 Å². The van der Waals surface area contributed by atoms with Crippen molar-refractivity contribution in [2.24, 2.45) is 0 Å². The molecule has 0 aliphatic heterocycles. The maximum atomic E-state index is 3.22. The van der Waals surface area contributed by atoms with Gasteiger partial charge in [-0.15, -0.1) is 0 Å². The molecule has 1 nitrogen and oxygen atoms in total.